The van der Waals surface area contributed by atoms with Crippen molar-refractivity contribution in [2.75, 3.05) is 0 Å². The molecule has 1 aliphatic rings. The average molecular weight is 183 g/mol. The normalized spacial score (nSPS) is 34.4. The van der Waals surface area contributed by atoms with Crippen molar-refractivity contribution in [2.24, 2.45) is 23.7 Å². The lowest BCUT2D eigenvalue weighted by molar-refractivity contribution is -0.122. The lowest BCUT2D eigenvalue weighted by Gasteiger charge is -2.27. The quantitative estimate of drug-likeness (QED) is 0.697. The lowest BCUT2D eigenvalue weighted by atomic mass is 9.78. The van der Waals surface area contributed by atoms with Crippen LogP contribution in [0.1, 0.15) is 34.6 Å². The first-order valence-corrected chi connectivity index (χ1v) is 5.25. The molecular weight excluding hydrogens is 162 g/mol. The van der Waals surface area contributed by atoms with Gasteiger partial charge in [0, 0.05) is 12.0 Å². The molecule has 0 unspecified atom stereocenters. The zero-order valence-corrected chi connectivity index (χ0v) is 9.29. The summed E-state index contributed by atoms with van der Waals surface area (Å²) in [5.74, 6) is 2.06. The highest BCUT2D eigenvalue weighted by molar-refractivity contribution is 5.81. The van der Waals surface area contributed by atoms with E-state index in [4.69, 9.17) is 0 Å². The Balaban J connectivity index is 2.80. The first kappa shape index (κ1) is 10.6. The Morgan fingerprint density at radius 3 is 2.00 bits per heavy atom. The highest BCUT2D eigenvalue weighted by Crippen LogP contribution is 2.33. The van der Waals surface area contributed by atoms with Crippen molar-refractivity contribution in [1.82, 2.24) is 5.32 Å². The Morgan fingerprint density at radius 1 is 1.15 bits per heavy atom. The van der Waals surface area contributed by atoms with E-state index in [1.165, 1.54) is 0 Å². The lowest BCUT2D eigenvalue weighted by Crippen LogP contribution is -2.35. The maximum Gasteiger partial charge on any atom is 0.223 e. The topological polar surface area (TPSA) is 29.1 Å². The zero-order chi connectivity index (χ0) is 10.2. The van der Waals surface area contributed by atoms with Crippen LogP contribution in [0.4, 0.5) is 0 Å². The molecule has 2 nitrogen and oxygen atoms in total. The Hall–Kier alpha value is -0.530. The molecule has 0 bridgehead atoms. The molecule has 0 aromatic rings. The van der Waals surface area contributed by atoms with Crippen LogP contribution in [0, 0.1) is 23.7 Å². The van der Waals surface area contributed by atoms with Gasteiger partial charge >= 0.3 is 0 Å². The van der Waals surface area contributed by atoms with Crippen molar-refractivity contribution in [3.63, 3.8) is 0 Å². The molecule has 1 heterocycles. The van der Waals surface area contributed by atoms with Gasteiger partial charge in [-0.3, -0.25) is 4.79 Å². The minimum Gasteiger partial charge on any atom is -0.353 e. The molecule has 1 saturated heterocycles. The average Bonchev–Trinajstić information content (AvgIpc) is 2.28. The number of carbonyl (C=O) groups excluding carboxylic acids is 1. The van der Waals surface area contributed by atoms with Crippen LogP contribution in [0.3, 0.4) is 0 Å². The van der Waals surface area contributed by atoms with Crippen molar-refractivity contribution >= 4 is 5.91 Å². The van der Waals surface area contributed by atoms with Crippen molar-refractivity contribution in [3.8, 4) is 0 Å². The van der Waals surface area contributed by atoms with E-state index in [9.17, 15) is 4.79 Å². The molecule has 1 amide bonds. The first-order chi connectivity index (χ1) is 5.95. The molecule has 76 valence electrons. The van der Waals surface area contributed by atoms with E-state index in [-0.39, 0.29) is 11.8 Å². The maximum absolute atomic E-state index is 11.5. The monoisotopic (exact) mass is 183 g/mol. The van der Waals surface area contributed by atoms with Crippen LogP contribution >= 0.6 is 0 Å². The Labute approximate surface area is 81.1 Å². The van der Waals surface area contributed by atoms with Crippen LogP contribution in [0.15, 0.2) is 0 Å². The van der Waals surface area contributed by atoms with Crippen molar-refractivity contribution < 1.29 is 4.79 Å². The molecule has 0 aliphatic carbocycles. The summed E-state index contributed by atoms with van der Waals surface area (Å²) in [5, 5.41) is 3.10. The Morgan fingerprint density at radius 2 is 1.69 bits per heavy atom. The minimum atomic E-state index is 0.187. The predicted molar refractivity (Wildman–Crippen MR) is 54.3 cm³/mol. The number of amides is 1. The summed E-state index contributed by atoms with van der Waals surface area (Å²) in [6, 6.07) is 0.377. The zero-order valence-electron chi connectivity index (χ0n) is 9.29. The van der Waals surface area contributed by atoms with Crippen molar-refractivity contribution in [1.29, 1.82) is 0 Å². The Bertz CT molecular complexity index is 198. The van der Waals surface area contributed by atoms with Gasteiger partial charge in [0.2, 0.25) is 5.91 Å². The molecule has 0 radical (unpaired) electrons. The molecule has 0 spiro atoms. The van der Waals surface area contributed by atoms with Gasteiger partial charge in [-0.15, -0.1) is 0 Å². The van der Waals surface area contributed by atoms with E-state index >= 15 is 0 Å². The summed E-state index contributed by atoms with van der Waals surface area (Å²) < 4.78 is 0. The number of nitrogens with one attached hydrogen (secondary N) is 1. The second-order valence-corrected chi connectivity index (χ2v) is 4.89. The molecule has 0 aromatic carbocycles. The van der Waals surface area contributed by atoms with E-state index in [0.29, 0.717) is 23.8 Å². The summed E-state index contributed by atoms with van der Waals surface area (Å²) in [4.78, 5) is 11.5. The van der Waals surface area contributed by atoms with Gasteiger partial charge in [-0.2, -0.15) is 0 Å². The molecule has 1 rings (SSSR count). The highest BCUT2D eigenvalue weighted by atomic mass is 16.2. The van der Waals surface area contributed by atoms with Crippen LogP contribution < -0.4 is 5.32 Å². The molecular formula is C11H21NO. The van der Waals surface area contributed by atoms with Gasteiger partial charge in [0.15, 0.2) is 0 Å². The molecule has 1 fully saturated rings. The third kappa shape index (κ3) is 1.87. The summed E-state index contributed by atoms with van der Waals surface area (Å²) >= 11 is 0. The highest BCUT2D eigenvalue weighted by Gasteiger charge is 2.41. The summed E-state index contributed by atoms with van der Waals surface area (Å²) in [6.45, 7) is 10.8. The SMILES string of the molecule is CC(C)[C@H]1[C@@H](C(C)C)NC(=O)[C@@H]1C. The second kappa shape index (κ2) is 3.69. The van der Waals surface area contributed by atoms with E-state index in [1.807, 2.05) is 6.92 Å². The minimum absolute atomic E-state index is 0.187. The smallest absolute Gasteiger partial charge is 0.223 e. The third-order valence-electron chi connectivity index (χ3n) is 3.20. The maximum atomic E-state index is 11.5. The van der Waals surface area contributed by atoms with Crippen LogP contribution in [0.25, 0.3) is 0 Å². The predicted octanol–water partition coefficient (Wildman–Crippen LogP) is 2.05. The third-order valence-corrected chi connectivity index (χ3v) is 3.20. The van der Waals surface area contributed by atoms with Crippen molar-refractivity contribution in [3.05, 3.63) is 0 Å². The van der Waals surface area contributed by atoms with Gasteiger partial charge in [-0.05, 0) is 17.8 Å². The van der Waals surface area contributed by atoms with Crippen LogP contribution in [0.2, 0.25) is 0 Å². The van der Waals surface area contributed by atoms with Gasteiger partial charge in [-0.25, -0.2) is 0 Å². The summed E-state index contributed by atoms with van der Waals surface area (Å²) in [5.41, 5.74) is 0. The standard InChI is InChI=1S/C11H21NO/c1-6(2)9-8(5)11(13)12-10(9)7(3)4/h6-10H,1-5H3,(H,12,13)/t8-,9-,10-/m1/s1. The van der Waals surface area contributed by atoms with Crippen LogP contribution in [-0.2, 0) is 4.79 Å². The van der Waals surface area contributed by atoms with E-state index in [2.05, 4.69) is 33.0 Å². The first-order valence-electron chi connectivity index (χ1n) is 5.25. The number of hydrogen-bond acceptors (Lipinski definition) is 1. The summed E-state index contributed by atoms with van der Waals surface area (Å²) in [7, 11) is 0. The fourth-order valence-corrected chi connectivity index (χ4v) is 2.48. The van der Waals surface area contributed by atoms with Gasteiger partial charge in [0.1, 0.15) is 0 Å². The van der Waals surface area contributed by atoms with Crippen LogP contribution in [0.5, 0.6) is 0 Å². The van der Waals surface area contributed by atoms with E-state index < -0.39 is 0 Å². The van der Waals surface area contributed by atoms with Crippen molar-refractivity contribution in [2.45, 2.75) is 40.7 Å². The second-order valence-electron chi connectivity index (χ2n) is 4.89. The molecule has 1 aliphatic heterocycles. The number of carbonyl (C=O) groups is 1. The van der Waals surface area contributed by atoms with E-state index in [1.54, 1.807) is 0 Å². The Kier molecular flexibility index (Phi) is 2.99. The fourth-order valence-electron chi connectivity index (χ4n) is 2.48. The van der Waals surface area contributed by atoms with Crippen LogP contribution in [-0.4, -0.2) is 11.9 Å². The van der Waals surface area contributed by atoms with Gasteiger partial charge < -0.3 is 5.32 Å². The largest absolute Gasteiger partial charge is 0.353 e. The molecule has 3 atom stereocenters. The molecule has 13 heavy (non-hydrogen) atoms. The molecule has 0 saturated carbocycles. The number of hydrogen-bond donors (Lipinski definition) is 1. The van der Waals surface area contributed by atoms with Gasteiger partial charge in [-0.1, -0.05) is 34.6 Å². The molecule has 2 heteroatoms. The van der Waals surface area contributed by atoms with E-state index in [0.717, 1.165) is 0 Å². The molecule has 1 N–H and O–H groups in total. The number of rotatable bonds is 2. The van der Waals surface area contributed by atoms with Gasteiger partial charge in [0.25, 0.3) is 0 Å². The fraction of sp³-hybridized carbons (Fsp3) is 0.909. The molecule has 0 aromatic heterocycles. The summed E-state index contributed by atoms with van der Waals surface area (Å²) in [6.07, 6.45) is 0. The van der Waals surface area contributed by atoms with Gasteiger partial charge in [0.05, 0.1) is 0 Å².